The number of nitrogens with zero attached hydrogens (tertiary/aromatic N) is 6. The molecule has 9 heteroatoms. The Hall–Kier alpha value is -3.88. The lowest BCUT2D eigenvalue weighted by Gasteiger charge is -2.34. The van der Waals surface area contributed by atoms with Crippen LogP contribution in [0.3, 0.4) is 0 Å². The van der Waals surface area contributed by atoms with Crippen LogP contribution in [0.15, 0.2) is 61.1 Å². The van der Waals surface area contributed by atoms with E-state index >= 15 is 0 Å². The molecule has 4 aromatic rings. The van der Waals surface area contributed by atoms with Crippen molar-refractivity contribution in [1.29, 1.82) is 0 Å². The van der Waals surface area contributed by atoms with Crippen molar-refractivity contribution < 1.29 is 13.6 Å². The summed E-state index contributed by atoms with van der Waals surface area (Å²) in [4.78, 5) is 14.9. The first-order chi connectivity index (χ1) is 15.0. The molecule has 0 bridgehead atoms. The van der Waals surface area contributed by atoms with Gasteiger partial charge in [-0.15, -0.1) is 5.10 Å². The first kappa shape index (κ1) is 19.1. The molecule has 1 amide bonds. The van der Waals surface area contributed by atoms with Gasteiger partial charge in [0.2, 0.25) is 0 Å². The van der Waals surface area contributed by atoms with Gasteiger partial charge in [0, 0.05) is 38.3 Å². The third-order valence-electron chi connectivity index (χ3n) is 5.48. The van der Waals surface area contributed by atoms with Gasteiger partial charge in [-0.05, 0) is 28.8 Å². The first-order valence-electron chi connectivity index (χ1n) is 9.73. The number of hydrogen-bond donors (Lipinski definition) is 0. The van der Waals surface area contributed by atoms with E-state index in [1.54, 1.807) is 9.58 Å². The average molecular weight is 420 g/mol. The zero-order chi connectivity index (χ0) is 21.5. The molecule has 0 fully saturated rings. The highest BCUT2D eigenvalue weighted by Gasteiger charge is 2.31. The standard InChI is InChI=1S/C22H18F2N6O/c1-28-10-15(9-25-28)18-12-29(11-14-4-2-3-5-17(14)18)22(31)20-13-30(27-26-20)21-7-6-16(23)8-19(21)24/h2-10,13,18H,11-12H2,1H3. The Morgan fingerprint density at radius 1 is 1.13 bits per heavy atom. The molecule has 156 valence electrons. The van der Waals surface area contributed by atoms with E-state index in [4.69, 9.17) is 0 Å². The lowest BCUT2D eigenvalue weighted by atomic mass is 9.86. The van der Waals surface area contributed by atoms with Crippen LogP contribution in [0.1, 0.15) is 33.1 Å². The lowest BCUT2D eigenvalue weighted by molar-refractivity contribution is 0.0719. The van der Waals surface area contributed by atoms with Crippen molar-refractivity contribution in [3.8, 4) is 5.69 Å². The second kappa shape index (κ2) is 7.42. The molecule has 1 unspecified atom stereocenters. The summed E-state index contributed by atoms with van der Waals surface area (Å²) in [5, 5.41) is 12.1. The summed E-state index contributed by atoms with van der Waals surface area (Å²) < 4.78 is 30.1. The normalized spacial score (nSPS) is 15.7. The van der Waals surface area contributed by atoms with E-state index in [9.17, 15) is 13.6 Å². The molecule has 0 saturated heterocycles. The lowest BCUT2D eigenvalue weighted by Crippen LogP contribution is -2.38. The highest BCUT2D eigenvalue weighted by molar-refractivity contribution is 5.92. The maximum absolute atomic E-state index is 14.1. The van der Waals surface area contributed by atoms with Crippen molar-refractivity contribution in [1.82, 2.24) is 29.7 Å². The quantitative estimate of drug-likeness (QED) is 0.511. The summed E-state index contributed by atoms with van der Waals surface area (Å²) in [6.45, 7) is 0.892. The minimum atomic E-state index is -0.785. The molecular weight excluding hydrogens is 402 g/mol. The van der Waals surface area contributed by atoms with Crippen molar-refractivity contribution >= 4 is 5.91 Å². The Morgan fingerprint density at radius 2 is 1.97 bits per heavy atom. The number of amides is 1. The summed E-state index contributed by atoms with van der Waals surface area (Å²) in [5.74, 6) is -1.80. The number of hydrogen-bond acceptors (Lipinski definition) is 4. The number of aromatic nitrogens is 5. The van der Waals surface area contributed by atoms with Crippen molar-refractivity contribution in [2.24, 2.45) is 7.05 Å². The van der Waals surface area contributed by atoms with Crippen LogP contribution in [0.25, 0.3) is 5.69 Å². The molecule has 2 aromatic carbocycles. The summed E-state index contributed by atoms with van der Waals surface area (Å²) in [6.07, 6.45) is 5.12. The maximum Gasteiger partial charge on any atom is 0.276 e. The van der Waals surface area contributed by atoms with E-state index in [0.717, 1.165) is 33.5 Å². The molecule has 0 radical (unpaired) electrons. The zero-order valence-electron chi connectivity index (χ0n) is 16.6. The van der Waals surface area contributed by atoms with Gasteiger partial charge in [0.25, 0.3) is 5.91 Å². The molecule has 2 aromatic heterocycles. The number of fused-ring (bicyclic) bond motifs is 1. The van der Waals surface area contributed by atoms with Gasteiger partial charge in [0.15, 0.2) is 11.5 Å². The molecule has 5 rings (SSSR count). The minimum Gasteiger partial charge on any atom is -0.332 e. The summed E-state index contributed by atoms with van der Waals surface area (Å²) in [5.41, 5.74) is 3.34. The van der Waals surface area contributed by atoms with Crippen molar-refractivity contribution in [3.05, 3.63) is 95.1 Å². The molecule has 0 saturated carbocycles. The van der Waals surface area contributed by atoms with Gasteiger partial charge in [-0.3, -0.25) is 9.48 Å². The third-order valence-corrected chi connectivity index (χ3v) is 5.48. The number of benzene rings is 2. The van der Waals surface area contributed by atoms with Crippen LogP contribution in [-0.2, 0) is 13.6 Å². The SMILES string of the molecule is Cn1cc(C2CN(C(=O)c3cn(-c4ccc(F)cc4F)nn3)Cc3ccccc32)cn1. The smallest absolute Gasteiger partial charge is 0.276 e. The number of halogens is 2. The van der Waals surface area contributed by atoms with Crippen LogP contribution in [0, 0.1) is 11.6 Å². The average Bonchev–Trinajstić information content (AvgIpc) is 3.42. The minimum absolute atomic E-state index is 0.0187. The van der Waals surface area contributed by atoms with Crippen LogP contribution in [-0.4, -0.2) is 42.1 Å². The van der Waals surface area contributed by atoms with E-state index < -0.39 is 11.6 Å². The van der Waals surface area contributed by atoms with Gasteiger partial charge in [-0.2, -0.15) is 5.10 Å². The summed E-state index contributed by atoms with van der Waals surface area (Å²) >= 11 is 0. The summed E-state index contributed by atoms with van der Waals surface area (Å²) in [7, 11) is 1.86. The summed E-state index contributed by atoms with van der Waals surface area (Å²) in [6, 6.07) is 11.2. The monoisotopic (exact) mass is 420 g/mol. The molecule has 1 aliphatic rings. The molecule has 3 heterocycles. The van der Waals surface area contributed by atoms with Gasteiger partial charge < -0.3 is 4.90 Å². The molecular formula is C22H18F2N6O. The Morgan fingerprint density at radius 3 is 2.74 bits per heavy atom. The second-order valence-corrected chi connectivity index (χ2v) is 7.53. The van der Waals surface area contributed by atoms with E-state index in [2.05, 4.69) is 21.5 Å². The van der Waals surface area contributed by atoms with Crippen LogP contribution >= 0.6 is 0 Å². The molecule has 1 aliphatic heterocycles. The fraction of sp³-hybridized carbons (Fsp3) is 0.182. The van der Waals surface area contributed by atoms with Gasteiger partial charge in [-0.1, -0.05) is 29.5 Å². The van der Waals surface area contributed by atoms with Crippen LogP contribution in [0.2, 0.25) is 0 Å². The number of aryl methyl sites for hydroxylation is 1. The topological polar surface area (TPSA) is 68.8 Å². The van der Waals surface area contributed by atoms with Crippen LogP contribution < -0.4 is 0 Å². The second-order valence-electron chi connectivity index (χ2n) is 7.53. The Kier molecular flexibility index (Phi) is 4.58. The van der Waals surface area contributed by atoms with E-state index in [1.165, 1.54) is 12.3 Å². The van der Waals surface area contributed by atoms with Crippen LogP contribution in [0.5, 0.6) is 0 Å². The maximum atomic E-state index is 14.1. The number of carbonyl (C=O) groups is 1. The Balaban J connectivity index is 1.45. The predicted octanol–water partition coefficient (Wildman–Crippen LogP) is 3.07. The number of carbonyl (C=O) groups excluding carboxylic acids is 1. The molecule has 0 spiro atoms. The van der Waals surface area contributed by atoms with Crippen molar-refractivity contribution in [3.63, 3.8) is 0 Å². The van der Waals surface area contributed by atoms with Gasteiger partial charge in [0.1, 0.15) is 11.5 Å². The molecule has 1 atom stereocenters. The van der Waals surface area contributed by atoms with Crippen molar-refractivity contribution in [2.45, 2.75) is 12.5 Å². The fourth-order valence-corrected chi connectivity index (χ4v) is 3.98. The Bertz CT molecular complexity index is 1280. The fourth-order valence-electron chi connectivity index (χ4n) is 3.98. The van der Waals surface area contributed by atoms with Gasteiger partial charge in [-0.25, -0.2) is 13.5 Å². The van der Waals surface area contributed by atoms with Crippen LogP contribution in [0.4, 0.5) is 8.78 Å². The highest BCUT2D eigenvalue weighted by Crippen LogP contribution is 2.33. The predicted molar refractivity (Wildman–Crippen MR) is 108 cm³/mol. The third kappa shape index (κ3) is 3.48. The molecule has 0 aliphatic carbocycles. The molecule has 0 N–H and O–H groups in total. The van der Waals surface area contributed by atoms with E-state index in [1.807, 2.05) is 37.6 Å². The molecule has 7 nitrogen and oxygen atoms in total. The zero-order valence-corrected chi connectivity index (χ0v) is 16.6. The highest BCUT2D eigenvalue weighted by atomic mass is 19.1. The van der Waals surface area contributed by atoms with Gasteiger partial charge >= 0.3 is 0 Å². The van der Waals surface area contributed by atoms with Gasteiger partial charge in [0.05, 0.1) is 12.4 Å². The number of rotatable bonds is 3. The first-order valence-corrected chi connectivity index (χ1v) is 9.73. The largest absolute Gasteiger partial charge is 0.332 e. The van der Waals surface area contributed by atoms with E-state index in [-0.39, 0.29) is 23.2 Å². The molecule has 31 heavy (non-hydrogen) atoms. The van der Waals surface area contributed by atoms with Crippen molar-refractivity contribution in [2.75, 3.05) is 6.54 Å². The Labute approximate surface area is 176 Å². The van der Waals surface area contributed by atoms with E-state index in [0.29, 0.717) is 13.1 Å².